The predicted molar refractivity (Wildman–Crippen MR) is 108 cm³/mol. The van der Waals surface area contributed by atoms with Crippen molar-refractivity contribution in [3.05, 3.63) is 82.7 Å². The Morgan fingerprint density at radius 1 is 1.17 bits per heavy atom. The third kappa shape index (κ3) is 4.33. The number of fused-ring (bicyclic) bond motifs is 1. The highest BCUT2D eigenvalue weighted by molar-refractivity contribution is 5.89. The van der Waals surface area contributed by atoms with Gasteiger partial charge in [0, 0.05) is 42.5 Å². The fraction of sp³-hybridized carbons (Fsp3) is 0.273. The fourth-order valence-corrected chi connectivity index (χ4v) is 3.60. The van der Waals surface area contributed by atoms with E-state index in [1.807, 2.05) is 7.05 Å². The summed E-state index contributed by atoms with van der Waals surface area (Å²) in [6.07, 6.45) is 0.655. The number of hydrogen-bond acceptors (Lipinski definition) is 3. The van der Waals surface area contributed by atoms with Gasteiger partial charge in [-0.05, 0) is 24.3 Å². The van der Waals surface area contributed by atoms with E-state index >= 15 is 0 Å². The Morgan fingerprint density at radius 2 is 2.00 bits per heavy atom. The molecule has 0 aliphatic carbocycles. The Labute approximate surface area is 173 Å². The van der Waals surface area contributed by atoms with E-state index in [4.69, 9.17) is 4.74 Å². The van der Waals surface area contributed by atoms with Crippen molar-refractivity contribution in [3.8, 4) is 0 Å². The summed E-state index contributed by atoms with van der Waals surface area (Å²) in [6.45, 7) is 1.27. The summed E-state index contributed by atoms with van der Waals surface area (Å²) in [4.78, 5) is 14.3. The fourth-order valence-electron chi connectivity index (χ4n) is 3.60. The van der Waals surface area contributed by atoms with Crippen molar-refractivity contribution in [1.82, 2.24) is 14.7 Å². The maximum absolute atomic E-state index is 13.8. The number of aryl methyl sites for hydroxylation is 1. The lowest BCUT2D eigenvalue weighted by Crippen LogP contribution is -2.39. The van der Waals surface area contributed by atoms with E-state index in [0.717, 1.165) is 17.0 Å². The minimum Gasteiger partial charge on any atom is -0.370 e. The van der Waals surface area contributed by atoms with Gasteiger partial charge in [-0.1, -0.05) is 24.3 Å². The summed E-state index contributed by atoms with van der Waals surface area (Å²) in [6, 6.07) is 12.0. The van der Waals surface area contributed by atoms with Crippen molar-refractivity contribution in [2.75, 3.05) is 11.9 Å². The van der Waals surface area contributed by atoms with Gasteiger partial charge in [-0.25, -0.2) is 13.6 Å². The van der Waals surface area contributed by atoms with Crippen molar-refractivity contribution in [2.24, 2.45) is 7.05 Å². The van der Waals surface area contributed by atoms with Crippen LogP contribution in [0.1, 0.15) is 22.5 Å². The summed E-state index contributed by atoms with van der Waals surface area (Å²) in [5.41, 5.74) is 3.61. The van der Waals surface area contributed by atoms with Crippen molar-refractivity contribution in [2.45, 2.75) is 26.2 Å². The molecule has 1 aromatic heterocycles. The molecule has 156 valence electrons. The number of nitrogens with one attached hydrogen (secondary N) is 1. The Bertz CT molecular complexity index is 1070. The highest BCUT2D eigenvalue weighted by atomic mass is 19.1. The number of benzene rings is 2. The molecule has 0 radical (unpaired) electrons. The van der Waals surface area contributed by atoms with Crippen molar-refractivity contribution < 1.29 is 18.3 Å². The number of rotatable bonds is 5. The molecule has 0 unspecified atom stereocenters. The number of amides is 2. The van der Waals surface area contributed by atoms with Crippen LogP contribution in [0, 0.1) is 11.6 Å². The molecule has 30 heavy (non-hydrogen) atoms. The first-order chi connectivity index (χ1) is 14.5. The quantitative estimate of drug-likeness (QED) is 0.689. The molecule has 1 aliphatic rings. The second-order valence-electron chi connectivity index (χ2n) is 7.19. The number of urea groups is 1. The Balaban J connectivity index is 1.42. The smallest absolute Gasteiger partial charge is 0.322 e. The first kappa shape index (κ1) is 20.0. The zero-order valence-corrected chi connectivity index (χ0v) is 16.6. The molecule has 0 saturated heterocycles. The van der Waals surface area contributed by atoms with E-state index in [2.05, 4.69) is 10.4 Å². The first-order valence-electron chi connectivity index (χ1n) is 9.67. The average molecular weight is 412 g/mol. The van der Waals surface area contributed by atoms with Crippen LogP contribution in [0.2, 0.25) is 0 Å². The number of carbonyl (C=O) groups is 1. The van der Waals surface area contributed by atoms with Crippen LogP contribution in [-0.4, -0.2) is 27.3 Å². The molecule has 8 heteroatoms. The van der Waals surface area contributed by atoms with Crippen LogP contribution in [0.5, 0.6) is 0 Å². The number of aromatic nitrogens is 2. The number of anilines is 1. The van der Waals surface area contributed by atoms with E-state index in [0.29, 0.717) is 30.8 Å². The molecule has 1 N–H and O–H groups in total. The Hall–Kier alpha value is -3.26. The first-order valence-corrected chi connectivity index (χ1v) is 9.67. The topological polar surface area (TPSA) is 59.4 Å². The monoisotopic (exact) mass is 412 g/mol. The standard InChI is InChI=1S/C22H22F2N4O2/c1-27-21-9-10-28(22(29)25-17-7-4-6-16(23)11-17)12-18(21)20(26-27)14-30-13-15-5-2-3-8-19(15)24/h2-8,11H,9-10,12-14H2,1H3,(H,25,29). The van der Waals surface area contributed by atoms with E-state index in [1.165, 1.54) is 18.2 Å². The minimum absolute atomic E-state index is 0.141. The third-order valence-electron chi connectivity index (χ3n) is 5.14. The summed E-state index contributed by atoms with van der Waals surface area (Å²) in [5, 5.41) is 7.25. The number of halogens is 2. The van der Waals surface area contributed by atoms with E-state index < -0.39 is 5.82 Å². The predicted octanol–water partition coefficient (Wildman–Crippen LogP) is 4.01. The molecule has 3 aromatic rings. The van der Waals surface area contributed by atoms with Gasteiger partial charge in [0.05, 0.1) is 25.5 Å². The SMILES string of the molecule is Cn1nc(COCc2ccccc2F)c2c1CCN(C(=O)Nc1cccc(F)c1)C2. The lowest BCUT2D eigenvalue weighted by molar-refractivity contribution is 0.101. The van der Waals surface area contributed by atoms with Gasteiger partial charge in [0.25, 0.3) is 0 Å². The lowest BCUT2D eigenvalue weighted by Gasteiger charge is -2.28. The van der Waals surface area contributed by atoms with Crippen LogP contribution in [0.3, 0.4) is 0 Å². The summed E-state index contributed by atoms with van der Waals surface area (Å²) in [5.74, 6) is -0.712. The third-order valence-corrected chi connectivity index (χ3v) is 5.14. The number of nitrogens with zero attached hydrogens (tertiary/aromatic N) is 3. The molecule has 4 rings (SSSR count). The largest absolute Gasteiger partial charge is 0.370 e. The molecule has 2 amide bonds. The second-order valence-corrected chi connectivity index (χ2v) is 7.19. The average Bonchev–Trinajstić information content (AvgIpc) is 3.04. The van der Waals surface area contributed by atoms with Crippen LogP contribution in [0.15, 0.2) is 48.5 Å². The van der Waals surface area contributed by atoms with Crippen LogP contribution in [-0.2, 0) is 38.0 Å². The van der Waals surface area contributed by atoms with Gasteiger partial charge in [-0.15, -0.1) is 0 Å². The van der Waals surface area contributed by atoms with Crippen molar-refractivity contribution in [1.29, 1.82) is 0 Å². The van der Waals surface area contributed by atoms with Gasteiger partial charge in [0.15, 0.2) is 0 Å². The maximum Gasteiger partial charge on any atom is 0.322 e. The molecular weight excluding hydrogens is 390 g/mol. The molecule has 1 aliphatic heterocycles. The molecule has 0 spiro atoms. The molecule has 0 fully saturated rings. The van der Waals surface area contributed by atoms with E-state index in [-0.39, 0.29) is 25.1 Å². The normalized spacial score (nSPS) is 13.2. The van der Waals surface area contributed by atoms with Gasteiger partial charge in [-0.2, -0.15) is 5.10 Å². The van der Waals surface area contributed by atoms with Gasteiger partial charge in [-0.3, -0.25) is 4.68 Å². The highest BCUT2D eigenvalue weighted by Gasteiger charge is 2.26. The molecule has 0 saturated carbocycles. The molecule has 0 bridgehead atoms. The lowest BCUT2D eigenvalue weighted by atomic mass is 10.1. The van der Waals surface area contributed by atoms with Crippen molar-refractivity contribution >= 4 is 11.7 Å². The van der Waals surface area contributed by atoms with Gasteiger partial charge in [0.2, 0.25) is 0 Å². The molecule has 6 nitrogen and oxygen atoms in total. The second kappa shape index (κ2) is 8.62. The zero-order chi connectivity index (χ0) is 21.1. The minimum atomic E-state index is -0.407. The summed E-state index contributed by atoms with van der Waals surface area (Å²) in [7, 11) is 1.86. The Kier molecular flexibility index (Phi) is 5.76. The molecule has 2 heterocycles. The molecule has 2 aromatic carbocycles. The van der Waals surface area contributed by atoms with E-state index in [9.17, 15) is 13.6 Å². The van der Waals surface area contributed by atoms with Crippen LogP contribution in [0.25, 0.3) is 0 Å². The zero-order valence-electron chi connectivity index (χ0n) is 16.6. The van der Waals surface area contributed by atoms with Gasteiger partial charge >= 0.3 is 6.03 Å². The van der Waals surface area contributed by atoms with Crippen molar-refractivity contribution in [3.63, 3.8) is 0 Å². The molecular formula is C22H22F2N4O2. The van der Waals surface area contributed by atoms with Crippen LogP contribution < -0.4 is 5.32 Å². The van der Waals surface area contributed by atoms with Gasteiger partial charge in [0.1, 0.15) is 11.6 Å². The van der Waals surface area contributed by atoms with Gasteiger partial charge < -0.3 is 15.0 Å². The number of carbonyl (C=O) groups excluding carboxylic acids is 1. The molecule has 0 atom stereocenters. The Morgan fingerprint density at radius 3 is 2.80 bits per heavy atom. The number of hydrogen-bond donors (Lipinski definition) is 1. The van der Waals surface area contributed by atoms with Crippen LogP contribution in [0.4, 0.5) is 19.3 Å². The summed E-state index contributed by atoms with van der Waals surface area (Å²) >= 11 is 0. The number of ether oxygens (including phenoxy) is 1. The highest BCUT2D eigenvalue weighted by Crippen LogP contribution is 2.24. The van der Waals surface area contributed by atoms with Crippen LogP contribution >= 0.6 is 0 Å². The summed E-state index contributed by atoms with van der Waals surface area (Å²) < 4.78 is 34.6. The maximum atomic E-state index is 13.8. The van der Waals surface area contributed by atoms with E-state index in [1.54, 1.807) is 39.9 Å².